The monoisotopic (exact) mass is 330 g/mol. The molecule has 0 saturated carbocycles. The van der Waals surface area contributed by atoms with Gasteiger partial charge in [0.05, 0.1) is 10.4 Å². The molecule has 0 aliphatic heterocycles. The van der Waals surface area contributed by atoms with Crippen molar-refractivity contribution in [2.24, 2.45) is 0 Å². The van der Waals surface area contributed by atoms with Crippen molar-refractivity contribution in [3.63, 3.8) is 0 Å². The Bertz CT molecular complexity index is 912. The zero-order valence-corrected chi connectivity index (χ0v) is 13.4. The molecule has 0 aliphatic rings. The third-order valence-electron chi connectivity index (χ3n) is 3.47. The number of thiophene rings is 1. The third kappa shape index (κ3) is 3.37. The molecule has 118 valence electrons. The molecule has 2 heterocycles. The highest BCUT2D eigenvalue weighted by Crippen LogP contribution is 2.23. The summed E-state index contributed by atoms with van der Waals surface area (Å²) >= 11 is 1.18. The van der Waals surface area contributed by atoms with E-state index in [4.69, 9.17) is 0 Å². The zero-order chi connectivity index (χ0) is 16.4. The van der Waals surface area contributed by atoms with Crippen LogP contribution in [0.15, 0.2) is 35.1 Å². The van der Waals surface area contributed by atoms with Crippen LogP contribution in [0.4, 0.5) is 4.39 Å². The van der Waals surface area contributed by atoms with Crippen LogP contribution >= 0.6 is 11.3 Å². The third-order valence-corrected chi connectivity index (χ3v) is 4.63. The van der Waals surface area contributed by atoms with Crippen molar-refractivity contribution >= 4 is 27.3 Å². The summed E-state index contributed by atoms with van der Waals surface area (Å²) in [6, 6.07) is 7.74. The van der Waals surface area contributed by atoms with Crippen LogP contribution in [-0.4, -0.2) is 15.8 Å². The second-order valence-electron chi connectivity index (χ2n) is 5.31. The fourth-order valence-electron chi connectivity index (χ4n) is 2.36. The Labute approximate surface area is 136 Å². The molecule has 3 rings (SSSR count). The summed E-state index contributed by atoms with van der Waals surface area (Å²) < 4.78 is 13.4. The van der Waals surface area contributed by atoms with Gasteiger partial charge in [-0.15, -0.1) is 11.3 Å². The molecule has 4 nitrogen and oxygen atoms in total. The van der Waals surface area contributed by atoms with E-state index in [1.807, 2.05) is 6.92 Å². The van der Waals surface area contributed by atoms with E-state index in [2.05, 4.69) is 9.97 Å². The predicted molar refractivity (Wildman–Crippen MR) is 88.7 cm³/mol. The van der Waals surface area contributed by atoms with E-state index in [0.29, 0.717) is 33.8 Å². The van der Waals surface area contributed by atoms with Crippen molar-refractivity contribution in [1.29, 1.82) is 0 Å². The van der Waals surface area contributed by atoms with Crippen molar-refractivity contribution in [3.05, 3.63) is 62.8 Å². The number of halogens is 1. The minimum absolute atomic E-state index is 0.0370. The van der Waals surface area contributed by atoms with Gasteiger partial charge in [-0.3, -0.25) is 9.59 Å². The number of carbonyl (C=O) groups is 1. The number of hydrogen-bond acceptors (Lipinski definition) is 4. The SMILES string of the molecule is CCCC(=O)c1cc2nc(Cc3ccc(F)cc3)[nH]c(=O)c2s1. The molecule has 0 aliphatic carbocycles. The maximum Gasteiger partial charge on any atom is 0.268 e. The van der Waals surface area contributed by atoms with Crippen LogP contribution in [0.5, 0.6) is 0 Å². The van der Waals surface area contributed by atoms with Crippen molar-refractivity contribution < 1.29 is 9.18 Å². The highest BCUT2D eigenvalue weighted by Gasteiger charge is 2.13. The topological polar surface area (TPSA) is 62.8 Å². The minimum atomic E-state index is -0.303. The lowest BCUT2D eigenvalue weighted by Gasteiger charge is -2.01. The summed E-state index contributed by atoms with van der Waals surface area (Å²) in [4.78, 5) is 31.9. The average Bonchev–Trinajstić information content (AvgIpc) is 2.95. The van der Waals surface area contributed by atoms with E-state index in [1.165, 1.54) is 23.5 Å². The van der Waals surface area contributed by atoms with Gasteiger partial charge in [0, 0.05) is 12.8 Å². The summed E-state index contributed by atoms with van der Waals surface area (Å²) in [5.41, 5.74) is 1.15. The zero-order valence-electron chi connectivity index (χ0n) is 12.6. The molecule has 0 amide bonds. The van der Waals surface area contributed by atoms with E-state index in [1.54, 1.807) is 18.2 Å². The lowest BCUT2D eigenvalue weighted by molar-refractivity contribution is 0.0985. The lowest BCUT2D eigenvalue weighted by atomic mass is 10.1. The second kappa shape index (κ2) is 6.42. The summed E-state index contributed by atoms with van der Waals surface area (Å²) in [5.74, 6) is 0.235. The molecule has 0 atom stereocenters. The van der Waals surface area contributed by atoms with Crippen LogP contribution in [-0.2, 0) is 6.42 Å². The standard InChI is InChI=1S/C17H15FN2O2S/c1-2-3-13(21)14-9-12-16(23-14)17(22)20-15(19-12)8-10-4-6-11(18)7-5-10/h4-7,9H,2-3,8H2,1H3,(H,19,20,22). The maximum absolute atomic E-state index is 12.9. The predicted octanol–water partition coefficient (Wildman–Crippen LogP) is 3.70. The summed E-state index contributed by atoms with van der Waals surface area (Å²) in [6.07, 6.45) is 1.64. The number of benzene rings is 1. The van der Waals surface area contributed by atoms with Crippen LogP contribution < -0.4 is 5.56 Å². The molecule has 0 saturated heterocycles. The Balaban J connectivity index is 1.95. The number of hydrogen-bond donors (Lipinski definition) is 1. The first-order chi connectivity index (χ1) is 11.1. The van der Waals surface area contributed by atoms with Gasteiger partial charge in [0.25, 0.3) is 5.56 Å². The van der Waals surface area contributed by atoms with Crippen LogP contribution in [0.25, 0.3) is 10.2 Å². The molecule has 6 heteroatoms. The van der Waals surface area contributed by atoms with Crippen molar-refractivity contribution in [1.82, 2.24) is 9.97 Å². The van der Waals surface area contributed by atoms with Crippen LogP contribution in [0.3, 0.4) is 0 Å². The first-order valence-corrected chi connectivity index (χ1v) is 8.19. The second-order valence-corrected chi connectivity index (χ2v) is 6.37. The summed E-state index contributed by atoms with van der Waals surface area (Å²) in [5, 5.41) is 0. The Kier molecular flexibility index (Phi) is 4.34. The molecule has 2 aromatic heterocycles. The lowest BCUT2D eigenvalue weighted by Crippen LogP contribution is -2.10. The Morgan fingerprint density at radius 3 is 2.74 bits per heavy atom. The van der Waals surface area contributed by atoms with E-state index in [0.717, 1.165) is 12.0 Å². The largest absolute Gasteiger partial charge is 0.309 e. The quantitative estimate of drug-likeness (QED) is 0.726. The normalized spacial score (nSPS) is 11.0. The van der Waals surface area contributed by atoms with Gasteiger partial charge in [-0.05, 0) is 30.2 Å². The average molecular weight is 330 g/mol. The number of ketones is 1. The van der Waals surface area contributed by atoms with Crippen molar-refractivity contribution in [3.8, 4) is 0 Å². The first kappa shape index (κ1) is 15.6. The fraction of sp³-hybridized carbons (Fsp3) is 0.235. The number of aromatic nitrogens is 2. The molecule has 0 bridgehead atoms. The molecule has 1 N–H and O–H groups in total. The van der Waals surface area contributed by atoms with Crippen LogP contribution in [0.2, 0.25) is 0 Å². The van der Waals surface area contributed by atoms with E-state index in [-0.39, 0.29) is 17.2 Å². The maximum atomic E-state index is 12.9. The van der Waals surface area contributed by atoms with Crippen molar-refractivity contribution in [2.45, 2.75) is 26.2 Å². The fourth-order valence-corrected chi connectivity index (χ4v) is 3.31. The Hall–Kier alpha value is -2.34. The number of aromatic amines is 1. The highest BCUT2D eigenvalue weighted by molar-refractivity contribution is 7.20. The van der Waals surface area contributed by atoms with Gasteiger partial charge < -0.3 is 4.98 Å². The van der Waals surface area contributed by atoms with Crippen molar-refractivity contribution in [2.75, 3.05) is 0 Å². The number of nitrogens with zero attached hydrogens (tertiary/aromatic N) is 1. The molecular formula is C17H15FN2O2S. The van der Waals surface area contributed by atoms with Gasteiger partial charge >= 0.3 is 0 Å². The molecule has 1 aromatic carbocycles. The Morgan fingerprint density at radius 2 is 2.04 bits per heavy atom. The van der Waals surface area contributed by atoms with Gasteiger partial charge in [-0.1, -0.05) is 19.1 Å². The number of nitrogens with one attached hydrogen (secondary N) is 1. The van der Waals surface area contributed by atoms with E-state index >= 15 is 0 Å². The van der Waals surface area contributed by atoms with Gasteiger partial charge in [0.1, 0.15) is 16.3 Å². The minimum Gasteiger partial charge on any atom is -0.309 e. The molecular weight excluding hydrogens is 315 g/mol. The first-order valence-electron chi connectivity index (χ1n) is 7.37. The van der Waals surface area contributed by atoms with Crippen LogP contribution in [0.1, 0.15) is 40.8 Å². The van der Waals surface area contributed by atoms with E-state index in [9.17, 15) is 14.0 Å². The Morgan fingerprint density at radius 1 is 1.30 bits per heavy atom. The number of H-pyrrole nitrogens is 1. The molecule has 0 spiro atoms. The number of carbonyl (C=O) groups excluding carboxylic acids is 1. The molecule has 0 radical (unpaired) electrons. The van der Waals surface area contributed by atoms with Gasteiger partial charge in [0.2, 0.25) is 0 Å². The number of fused-ring (bicyclic) bond motifs is 1. The number of rotatable bonds is 5. The van der Waals surface area contributed by atoms with Crippen LogP contribution in [0, 0.1) is 5.82 Å². The molecule has 23 heavy (non-hydrogen) atoms. The van der Waals surface area contributed by atoms with E-state index < -0.39 is 0 Å². The summed E-state index contributed by atoms with van der Waals surface area (Å²) in [6.45, 7) is 1.94. The van der Waals surface area contributed by atoms with Gasteiger partial charge in [0.15, 0.2) is 5.78 Å². The molecule has 3 aromatic rings. The molecule has 0 fully saturated rings. The smallest absolute Gasteiger partial charge is 0.268 e. The highest BCUT2D eigenvalue weighted by atomic mass is 32.1. The molecule has 0 unspecified atom stereocenters. The summed E-state index contributed by atoms with van der Waals surface area (Å²) in [7, 11) is 0. The number of Topliss-reactive ketones (excluding diaryl/α,β-unsaturated/α-hetero) is 1. The van der Waals surface area contributed by atoms with Gasteiger partial charge in [-0.2, -0.15) is 0 Å². The van der Waals surface area contributed by atoms with Gasteiger partial charge in [-0.25, -0.2) is 9.37 Å².